The van der Waals surface area contributed by atoms with Gasteiger partial charge in [-0.25, -0.2) is 8.78 Å². The smallest absolute Gasteiger partial charge is 0.134 e. The molecule has 2 rings (SSSR count). The van der Waals surface area contributed by atoms with Gasteiger partial charge in [0.1, 0.15) is 17.4 Å². The van der Waals surface area contributed by atoms with E-state index >= 15 is 0 Å². The molecule has 0 spiro atoms. The topological polar surface area (TPSA) is 9.23 Å². The van der Waals surface area contributed by atoms with Crippen LogP contribution < -0.4 is 0 Å². The van der Waals surface area contributed by atoms with Gasteiger partial charge >= 0.3 is 0 Å². The number of ether oxygens (including phenoxy) is 1. The lowest BCUT2D eigenvalue weighted by atomic mass is 9.95. The summed E-state index contributed by atoms with van der Waals surface area (Å²) in [6.07, 6.45) is 1.20. The molecule has 0 N–H and O–H groups in total. The predicted octanol–water partition coefficient (Wildman–Crippen LogP) is 5.83. The molecule has 0 radical (unpaired) electrons. The van der Waals surface area contributed by atoms with Crippen molar-refractivity contribution in [2.24, 2.45) is 0 Å². The molecule has 23 heavy (non-hydrogen) atoms. The Hall–Kier alpha value is -2.68. The molecule has 0 atom stereocenters. The maximum absolute atomic E-state index is 14.1. The van der Waals surface area contributed by atoms with Gasteiger partial charge in [-0.3, -0.25) is 0 Å². The number of hydrogen-bond acceptors (Lipinski definition) is 1. The SMILES string of the molecule is C=C(/C=C(/F)C(=C)c1ccc(-c2ccc(F)cc2)c(C)c1)OC. The predicted molar refractivity (Wildman–Crippen MR) is 90.9 cm³/mol. The molecule has 3 heteroatoms. The molecule has 0 aliphatic carbocycles. The summed E-state index contributed by atoms with van der Waals surface area (Å²) in [6.45, 7) is 9.26. The van der Waals surface area contributed by atoms with Crippen molar-refractivity contribution in [2.45, 2.75) is 6.92 Å². The fourth-order valence-corrected chi connectivity index (χ4v) is 2.23. The minimum atomic E-state index is -0.495. The largest absolute Gasteiger partial charge is 0.497 e. The summed E-state index contributed by atoms with van der Waals surface area (Å²) in [5.74, 6) is -0.545. The first kappa shape index (κ1) is 16.7. The third-order valence-corrected chi connectivity index (χ3v) is 3.57. The van der Waals surface area contributed by atoms with Crippen molar-refractivity contribution >= 4 is 5.57 Å². The number of halogens is 2. The van der Waals surface area contributed by atoms with E-state index in [1.165, 1.54) is 25.3 Å². The Morgan fingerprint density at radius 1 is 1.09 bits per heavy atom. The first-order chi connectivity index (χ1) is 10.9. The minimum Gasteiger partial charge on any atom is -0.497 e. The van der Waals surface area contributed by atoms with Crippen LogP contribution in [-0.2, 0) is 4.74 Å². The van der Waals surface area contributed by atoms with E-state index in [4.69, 9.17) is 4.74 Å². The van der Waals surface area contributed by atoms with Crippen LogP contribution in [0.4, 0.5) is 8.78 Å². The van der Waals surface area contributed by atoms with E-state index in [0.717, 1.165) is 16.7 Å². The third kappa shape index (κ3) is 3.95. The highest BCUT2D eigenvalue weighted by atomic mass is 19.1. The molecule has 0 aromatic heterocycles. The van der Waals surface area contributed by atoms with Crippen LogP contribution in [0.15, 0.2) is 73.3 Å². The van der Waals surface area contributed by atoms with Gasteiger partial charge in [-0.1, -0.05) is 43.5 Å². The molecule has 0 aliphatic rings. The van der Waals surface area contributed by atoms with Crippen LogP contribution in [0.2, 0.25) is 0 Å². The van der Waals surface area contributed by atoms with Gasteiger partial charge in [0.15, 0.2) is 0 Å². The van der Waals surface area contributed by atoms with E-state index in [1.807, 2.05) is 19.1 Å². The van der Waals surface area contributed by atoms with Crippen molar-refractivity contribution in [3.63, 3.8) is 0 Å². The summed E-state index contributed by atoms with van der Waals surface area (Å²) in [7, 11) is 1.43. The Morgan fingerprint density at radius 2 is 1.74 bits per heavy atom. The fraction of sp³-hybridized carbons (Fsp3) is 0.100. The number of allylic oxidation sites excluding steroid dienone is 3. The van der Waals surface area contributed by atoms with Crippen molar-refractivity contribution in [3.8, 4) is 11.1 Å². The molecule has 0 amide bonds. The van der Waals surface area contributed by atoms with E-state index in [-0.39, 0.29) is 17.1 Å². The number of benzene rings is 2. The zero-order valence-corrected chi connectivity index (χ0v) is 13.2. The molecule has 0 heterocycles. The molecule has 0 fully saturated rings. The second-order valence-corrected chi connectivity index (χ2v) is 5.18. The van der Waals surface area contributed by atoms with Crippen molar-refractivity contribution in [1.29, 1.82) is 0 Å². The zero-order valence-electron chi connectivity index (χ0n) is 13.2. The van der Waals surface area contributed by atoms with Crippen molar-refractivity contribution < 1.29 is 13.5 Å². The summed E-state index contributed by atoms with van der Waals surface area (Å²) < 4.78 is 32.0. The van der Waals surface area contributed by atoms with Crippen LogP contribution in [0.5, 0.6) is 0 Å². The van der Waals surface area contributed by atoms with Crippen molar-refractivity contribution in [2.75, 3.05) is 7.11 Å². The van der Waals surface area contributed by atoms with Crippen molar-refractivity contribution in [1.82, 2.24) is 0 Å². The maximum Gasteiger partial charge on any atom is 0.134 e. The van der Waals surface area contributed by atoms with Gasteiger partial charge in [-0.15, -0.1) is 0 Å². The maximum atomic E-state index is 14.1. The molecule has 0 bridgehead atoms. The van der Waals surface area contributed by atoms with E-state index < -0.39 is 5.83 Å². The van der Waals surface area contributed by atoms with Gasteiger partial charge < -0.3 is 4.74 Å². The normalized spacial score (nSPS) is 11.2. The lowest BCUT2D eigenvalue weighted by Crippen LogP contribution is -1.90. The lowest BCUT2D eigenvalue weighted by Gasteiger charge is -2.10. The fourth-order valence-electron chi connectivity index (χ4n) is 2.23. The van der Waals surface area contributed by atoms with Gasteiger partial charge in [0.25, 0.3) is 0 Å². The molecule has 2 aromatic rings. The van der Waals surface area contributed by atoms with Crippen molar-refractivity contribution in [3.05, 3.63) is 90.2 Å². The number of methoxy groups -OCH3 is 1. The average Bonchev–Trinajstić information content (AvgIpc) is 2.54. The Morgan fingerprint density at radius 3 is 2.30 bits per heavy atom. The first-order valence-corrected chi connectivity index (χ1v) is 7.08. The zero-order chi connectivity index (χ0) is 17.0. The Balaban J connectivity index is 2.32. The number of hydrogen-bond donors (Lipinski definition) is 0. The highest BCUT2D eigenvalue weighted by molar-refractivity contribution is 5.78. The minimum absolute atomic E-state index is 0.225. The lowest BCUT2D eigenvalue weighted by molar-refractivity contribution is 0.307. The molecule has 0 saturated heterocycles. The summed E-state index contributed by atoms with van der Waals surface area (Å²) in [6, 6.07) is 11.8. The summed E-state index contributed by atoms with van der Waals surface area (Å²) >= 11 is 0. The van der Waals surface area contributed by atoms with Gasteiger partial charge in [-0.05, 0) is 41.3 Å². The monoisotopic (exact) mass is 312 g/mol. The summed E-state index contributed by atoms with van der Waals surface area (Å²) in [5.41, 5.74) is 3.76. The first-order valence-electron chi connectivity index (χ1n) is 7.08. The number of aryl methyl sites for hydroxylation is 1. The van der Waals surface area contributed by atoms with E-state index in [1.54, 1.807) is 18.2 Å². The van der Waals surface area contributed by atoms with Crippen LogP contribution in [0, 0.1) is 12.7 Å². The van der Waals surface area contributed by atoms with Gasteiger partial charge in [0, 0.05) is 11.6 Å². The Labute approximate surface area is 135 Å². The van der Waals surface area contributed by atoms with E-state index in [2.05, 4.69) is 13.2 Å². The molecule has 2 aromatic carbocycles. The molecule has 1 nitrogen and oxygen atoms in total. The second kappa shape index (κ2) is 7.05. The Kier molecular flexibility index (Phi) is 5.12. The highest BCUT2D eigenvalue weighted by Gasteiger charge is 2.09. The van der Waals surface area contributed by atoms with Crippen LogP contribution in [0.3, 0.4) is 0 Å². The van der Waals surface area contributed by atoms with Crippen LogP contribution >= 0.6 is 0 Å². The van der Waals surface area contributed by atoms with E-state index in [0.29, 0.717) is 5.56 Å². The van der Waals surface area contributed by atoms with Gasteiger partial charge in [0.05, 0.1) is 7.11 Å². The molecule has 0 aliphatic heterocycles. The van der Waals surface area contributed by atoms with Gasteiger partial charge in [0.2, 0.25) is 0 Å². The summed E-state index contributed by atoms with van der Waals surface area (Å²) in [4.78, 5) is 0. The van der Waals surface area contributed by atoms with Gasteiger partial charge in [-0.2, -0.15) is 0 Å². The standard InChI is InChI=1S/C20H18F2O/c1-13-11-17(15(3)20(22)12-14(2)23-4)7-10-19(13)16-5-8-18(21)9-6-16/h5-12H,2-3H2,1,4H3/b20-12+. The number of rotatable bonds is 5. The molecule has 0 saturated carbocycles. The quantitative estimate of drug-likeness (QED) is 0.499. The van der Waals surface area contributed by atoms with Crippen LogP contribution in [0.25, 0.3) is 16.7 Å². The van der Waals surface area contributed by atoms with E-state index in [9.17, 15) is 8.78 Å². The second-order valence-electron chi connectivity index (χ2n) is 5.18. The Bertz CT molecular complexity index is 771. The molecular formula is C20H18F2O. The molecular weight excluding hydrogens is 294 g/mol. The molecule has 118 valence electrons. The average molecular weight is 312 g/mol. The molecule has 0 unspecified atom stereocenters. The summed E-state index contributed by atoms with van der Waals surface area (Å²) in [5, 5.41) is 0. The van der Waals surface area contributed by atoms with Crippen LogP contribution in [-0.4, -0.2) is 7.11 Å². The third-order valence-electron chi connectivity index (χ3n) is 3.57. The highest BCUT2D eigenvalue weighted by Crippen LogP contribution is 2.29. The van der Waals surface area contributed by atoms with Crippen LogP contribution in [0.1, 0.15) is 11.1 Å².